The summed E-state index contributed by atoms with van der Waals surface area (Å²) in [5.74, 6) is 0.284. The normalized spacial score (nSPS) is 10.1. The molecule has 98 valence electrons. The molecule has 1 aromatic carbocycles. The molecular formula is C16H22O2. The quantitative estimate of drug-likeness (QED) is 0.308. The van der Waals surface area contributed by atoms with Crippen LogP contribution >= 0.6 is 0 Å². The molecule has 0 aliphatic rings. The predicted molar refractivity (Wildman–Crippen MR) is 74.7 cm³/mol. The maximum absolute atomic E-state index is 11.8. The Morgan fingerprint density at radius 3 is 2.72 bits per heavy atom. The van der Waals surface area contributed by atoms with Gasteiger partial charge in [0.15, 0.2) is 0 Å². The molecule has 0 saturated heterocycles. The second-order valence-electron chi connectivity index (χ2n) is 4.62. The van der Waals surface area contributed by atoms with Crippen LogP contribution in [0.25, 0.3) is 0 Å². The summed E-state index contributed by atoms with van der Waals surface area (Å²) >= 11 is 0. The van der Waals surface area contributed by atoms with Crippen molar-refractivity contribution in [3.63, 3.8) is 0 Å². The van der Waals surface area contributed by atoms with E-state index in [4.69, 9.17) is 4.74 Å². The monoisotopic (exact) mass is 246 g/mol. The van der Waals surface area contributed by atoms with Gasteiger partial charge in [-0.2, -0.15) is 0 Å². The van der Waals surface area contributed by atoms with E-state index in [0.29, 0.717) is 11.3 Å². The third-order valence-electron chi connectivity index (χ3n) is 2.82. The van der Waals surface area contributed by atoms with Gasteiger partial charge in [-0.15, -0.1) is 0 Å². The second-order valence-corrected chi connectivity index (χ2v) is 4.62. The number of hydrogen-bond acceptors (Lipinski definition) is 2. The lowest BCUT2D eigenvalue weighted by Gasteiger charge is -2.07. The topological polar surface area (TPSA) is 26.3 Å². The molecule has 0 fully saturated rings. The smallest absolute Gasteiger partial charge is 0.338 e. The molecule has 0 aromatic heterocycles. The van der Waals surface area contributed by atoms with E-state index in [0.717, 1.165) is 24.8 Å². The van der Waals surface area contributed by atoms with Gasteiger partial charge in [0.05, 0.1) is 0 Å². The molecule has 0 atom stereocenters. The number of aryl methyl sites for hydroxylation is 1. The molecule has 0 N–H and O–H groups in total. The highest BCUT2D eigenvalue weighted by atomic mass is 16.5. The first-order valence-electron chi connectivity index (χ1n) is 6.60. The first-order chi connectivity index (χ1) is 8.63. The SMILES string of the molecule is C=C(CCCCCC)C(=O)Oc1cccc(C)c1. The van der Waals surface area contributed by atoms with E-state index >= 15 is 0 Å². The zero-order valence-electron chi connectivity index (χ0n) is 11.4. The maximum Gasteiger partial charge on any atom is 0.338 e. The van der Waals surface area contributed by atoms with Gasteiger partial charge in [-0.05, 0) is 37.5 Å². The number of esters is 1. The summed E-state index contributed by atoms with van der Waals surface area (Å²) in [6, 6.07) is 7.48. The molecule has 0 unspecified atom stereocenters. The van der Waals surface area contributed by atoms with Crippen LogP contribution in [0.5, 0.6) is 5.75 Å². The second kappa shape index (κ2) is 7.70. The molecule has 0 heterocycles. The fourth-order valence-corrected chi connectivity index (χ4v) is 1.73. The summed E-state index contributed by atoms with van der Waals surface area (Å²) in [6.45, 7) is 7.93. The largest absolute Gasteiger partial charge is 0.423 e. The van der Waals surface area contributed by atoms with Crippen LogP contribution < -0.4 is 4.74 Å². The number of carbonyl (C=O) groups excluding carboxylic acids is 1. The lowest BCUT2D eigenvalue weighted by molar-refractivity contribution is -0.130. The molecule has 0 aliphatic heterocycles. The van der Waals surface area contributed by atoms with Gasteiger partial charge in [0.1, 0.15) is 5.75 Å². The molecular weight excluding hydrogens is 224 g/mol. The Morgan fingerprint density at radius 2 is 2.06 bits per heavy atom. The van der Waals surface area contributed by atoms with E-state index in [1.165, 1.54) is 12.8 Å². The lowest BCUT2D eigenvalue weighted by atomic mass is 10.1. The third-order valence-corrected chi connectivity index (χ3v) is 2.82. The van der Waals surface area contributed by atoms with Gasteiger partial charge >= 0.3 is 5.97 Å². The first-order valence-corrected chi connectivity index (χ1v) is 6.60. The van der Waals surface area contributed by atoms with Gasteiger partial charge in [0.25, 0.3) is 0 Å². The van der Waals surface area contributed by atoms with Crippen molar-refractivity contribution in [3.8, 4) is 5.75 Å². The molecule has 0 spiro atoms. The Kier molecular flexibility index (Phi) is 6.20. The number of unbranched alkanes of at least 4 members (excludes halogenated alkanes) is 3. The molecule has 18 heavy (non-hydrogen) atoms. The van der Waals surface area contributed by atoms with Gasteiger partial charge in [-0.3, -0.25) is 0 Å². The molecule has 0 radical (unpaired) electrons. The first kappa shape index (κ1) is 14.5. The average molecular weight is 246 g/mol. The van der Waals surface area contributed by atoms with Crippen molar-refractivity contribution in [3.05, 3.63) is 42.0 Å². The Hall–Kier alpha value is -1.57. The van der Waals surface area contributed by atoms with Crippen molar-refractivity contribution in [1.82, 2.24) is 0 Å². The number of hydrogen-bond donors (Lipinski definition) is 0. The van der Waals surface area contributed by atoms with Crippen molar-refractivity contribution in [2.75, 3.05) is 0 Å². The minimum atomic E-state index is -0.308. The van der Waals surface area contributed by atoms with Gasteiger partial charge in [-0.1, -0.05) is 44.9 Å². The van der Waals surface area contributed by atoms with E-state index in [-0.39, 0.29) is 5.97 Å². The minimum Gasteiger partial charge on any atom is -0.423 e. The van der Waals surface area contributed by atoms with Crippen LogP contribution in [0.1, 0.15) is 44.6 Å². The fourth-order valence-electron chi connectivity index (χ4n) is 1.73. The summed E-state index contributed by atoms with van der Waals surface area (Å²) in [5, 5.41) is 0. The van der Waals surface area contributed by atoms with E-state index in [1.807, 2.05) is 25.1 Å². The molecule has 1 aromatic rings. The number of benzene rings is 1. The zero-order chi connectivity index (χ0) is 13.4. The molecule has 1 rings (SSSR count). The zero-order valence-corrected chi connectivity index (χ0v) is 11.4. The standard InChI is InChI=1S/C16H22O2/c1-4-5-6-7-10-14(3)16(17)18-15-11-8-9-13(2)12-15/h8-9,11-12H,3-7,10H2,1-2H3. The van der Waals surface area contributed by atoms with Gasteiger partial charge < -0.3 is 4.74 Å². The summed E-state index contributed by atoms with van der Waals surface area (Å²) in [7, 11) is 0. The summed E-state index contributed by atoms with van der Waals surface area (Å²) < 4.78 is 5.28. The third kappa shape index (κ3) is 5.17. The average Bonchev–Trinajstić information content (AvgIpc) is 2.34. The van der Waals surface area contributed by atoms with Crippen molar-refractivity contribution in [1.29, 1.82) is 0 Å². The Labute approximate surface area is 110 Å². The van der Waals surface area contributed by atoms with Crippen LogP contribution in [0.3, 0.4) is 0 Å². The van der Waals surface area contributed by atoms with Crippen molar-refractivity contribution < 1.29 is 9.53 Å². The van der Waals surface area contributed by atoms with Crippen molar-refractivity contribution >= 4 is 5.97 Å². The van der Waals surface area contributed by atoms with Gasteiger partial charge in [0, 0.05) is 5.57 Å². The Morgan fingerprint density at radius 1 is 1.28 bits per heavy atom. The number of carbonyl (C=O) groups is 1. The van der Waals surface area contributed by atoms with Crippen LogP contribution in [-0.2, 0) is 4.79 Å². The van der Waals surface area contributed by atoms with Crippen molar-refractivity contribution in [2.45, 2.75) is 46.0 Å². The fraction of sp³-hybridized carbons (Fsp3) is 0.438. The summed E-state index contributed by atoms with van der Waals surface area (Å²) in [5.41, 5.74) is 1.64. The number of rotatable bonds is 7. The maximum atomic E-state index is 11.8. The summed E-state index contributed by atoms with van der Waals surface area (Å²) in [6.07, 6.45) is 5.29. The van der Waals surface area contributed by atoms with Crippen LogP contribution in [-0.4, -0.2) is 5.97 Å². The summed E-state index contributed by atoms with van der Waals surface area (Å²) in [4.78, 5) is 11.8. The van der Waals surface area contributed by atoms with Crippen LogP contribution in [0.15, 0.2) is 36.4 Å². The van der Waals surface area contributed by atoms with Crippen LogP contribution in [0, 0.1) is 6.92 Å². The van der Waals surface area contributed by atoms with E-state index in [1.54, 1.807) is 6.07 Å². The molecule has 2 heteroatoms. The molecule has 0 aliphatic carbocycles. The lowest BCUT2D eigenvalue weighted by Crippen LogP contribution is -2.10. The molecule has 0 bridgehead atoms. The van der Waals surface area contributed by atoms with Gasteiger partial charge in [-0.25, -0.2) is 4.79 Å². The van der Waals surface area contributed by atoms with Crippen molar-refractivity contribution in [2.24, 2.45) is 0 Å². The van der Waals surface area contributed by atoms with E-state index in [2.05, 4.69) is 13.5 Å². The van der Waals surface area contributed by atoms with Crippen LogP contribution in [0.4, 0.5) is 0 Å². The highest BCUT2D eigenvalue weighted by Gasteiger charge is 2.09. The minimum absolute atomic E-state index is 0.308. The van der Waals surface area contributed by atoms with E-state index < -0.39 is 0 Å². The van der Waals surface area contributed by atoms with Crippen LogP contribution in [0.2, 0.25) is 0 Å². The highest BCUT2D eigenvalue weighted by Crippen LogP contribution is 2.16. The Balaban J connectivity index is 2.38. The number of ether oxygens (including phenoxy) is 1. The van der Waals surface area contributed by atoms with Gasteiger partial charge in [0.2, 0.25) is 0 Å². The predicted octanol–water partition coefficient (Wildman–Crippen LogP) is 4.43. The molecule has 0 saturated carbocycles. The molecule has 2 nitrogen and oxygen atoms in total. The highest BCUT2D eigenvalue weighted by molar-refractivity contribution is 5.89. The Bertz CT molecular complexity index is 407. The van der Waals surface area contributed by atoms with E-state index in [9.17, 15) is 4.79 Å². The molecule has 0 amide bonds.